The lowest BCUT2D eigenvalue weighted by Gasteiger charge is -2.35. The van der Waals surface area contributed by atoms with E-state index in [4.69, 9.17) is 0 Å². The van der Waals surface area contributed by atoms with Crippen LogP contribution >= 0.6 is 0 Å². The van der Waals surface area contributed by atoms with Crippen molar-refractivity contribution in [3.63, 3.8) is 0 Å². The van der Waals surface area contributed by atoms with E-state index in [0.29, 0.717) is 5.92 Å². The zero-order valence-corrected chi connectivity index (χ0v) is 11.1. The molecular formula is C14H26N2O. The number of carbonyl (C=O) groups is 1. The van der Waals surface area contributed by atoms with Gasteiger partial charge < -0.3 is 10.2 Å². The van der Waals surface area contributed by atoms with Gasteiger partial charge in [0.15, 0.2) is 0 Å². The van der Waals surface area contributed by atoms with Crippen molar-refractivity contribution in [2.75, 3.05) is 19.6 Å². The SMILES string of the molecule is CC[C@@H]1CCCCN1CCCNC(=O)C1CC1. The highest BCUT2D eigenvalue weighted by Crippen LogP contribution is 2.28. The quantitative estimate of drug-likeness (QED) is 0.719. The molecule has 0 spiro atoms. The van der Waals surface area contributed by atoms with Crippen LogP contribution in [0.2, 0.25) is 0 Å². The molecule has 1 atom stereocenters. The van der Waals surface area contributed by atoms with Crippen molar-refractivity contribution in [2.45, 2.75) is 57.9 Å². The summed E-state index contributed by atoms with van der Waals surface area (Å²) in [6.07, 6.45) is 8.71. The first-order chi connectivity index (χ1) is 8.31. The largest absolute Gasteiger partial charge is 0.356 e. The average Bonchev–Trinajstić information content (AvgIpc) is 3.19. The Balaban J connectivity index is 1.58. The number of likely N-dealkylation sites (tertiary alicyclic amines) is 1. The van der Waals surface area contributed by atoms with Crippen molar-refractivity contribution in [2.24, 2.45) is 5.92 Å². The number of hydrogen-bond acceptors (Lipinski definition) is 2. The third kappa shape index (κ3) is 3.98. The van der Waals surface area contributed by atoms with Crippen LogP contribution in [0.3, 0.4) is 0 Å². The molecule has 98 valence electrons. The highest BCUT2D eigenvalue weighted by atomic mass is 16.2. The molecule has 1 heterocycles. The van der Waals surface area contributed by atoms with Gasteiger partial charge in [-0.2, -0.15) is 0 Å². The summed E-state index contributed by atoms with van der Waals surface area (Å²) < 4.78 is 0. The topological polar surface area (TPSA) is 32.3 Å². The lowest BCUT2D eigenvalue weighted by molar-refractivity contribution is -0.122. The predicted octanol–water partition coefficient (Wildman–Crippen LogP) is 2.17. The van der Waals surface area contributed by atoms with Crippen LogP contribution in [0.4, 0.5) is 0 Å². The molecule has 0 unspecified atom stereocenters. The van der Waals surface area contributed by atoms with E-state index < -0.39 is 0 Å². The Labute approximate surface area is 105 Å². The molecule has 0 aromatic rings. The second kappa shape index (κ2) is 6.39. The molecular weight excluding hydrogens is 212 g/mol. The van der Waals surface area contributed by atoms with Gasteiger partial charge in [-0.05, 0) is 45.1 Å². The summed E-state index contributed by atoms with van der Waals surface area (Å²) >= 11 is 0. The highest BCUT2D eigenvalue weighted by Gasteiger charge is 2.29. The van der Waals surface area contributed by atoms with Crippen LogP contribution in [0.25, 0.3) is 0 Å². The van der Waals surface area contributed by atoms with Crippen LogP contribution in [-0.4, -0.2) is 36.5 Å². The van der Waals surface area contributed by atoms with Crippen molar-refractivity contribution < 1.29 is 4.79 Å². The molecule has 3 nitrogen and oxygen atoms in total. The standard InChI is InChI=1S/C14H26N2O/c1-2-13-6-3-4-10-16(13)11-5-9-15-14(17)12-7-8-12/h12-13H,2-11H2,1H3,(H,15,17)/t13-/m1/s1. The Bertz CT molecular complexity index is 251. The molecule has 0 aromatic carbocycles. The summed E-state index contributed by atoms with van der Waals surface area (Å²) in [5.74, 6) is 0.643. The molecule has 1 amide bonds. The van der Waals surface area contributed by atoms with Crippen LogP contribution < -0.4 is 5.32 Å². The number of nitrogens with zero attached hydrogens (tertiary/aromatic N) is 1. The smallest absolute Gasteiger partial charge is 0.223 e. The summed E-state index contributed by atoms with van der Waals surface area (Å²) in [4.78, 5) is 14.1. The molecule has 0 bridgehead atoms. The first-order valence-electron chi connectivity index (χ1n) is 7.33. The maximum Gasteiger partial charge on any atom is 0.223 e. The summed E-state index contributed by atoms with van der Waals surface area (Å²) in [5.41, 5.74) is 0. The highest BCUT2D eigenvalue weighted by molar-refractivity contribution is 5.80. The Morgan fingerprint density at radius 1 is 1.29 bits per heavy atom. The van der Waals surface area contributed by atoms with Gasteiger partial charge in [-0.3, -0.25) is 4.79 Å². The second-order valence-electron chi connectivity index (χ2n) is 5.51. The number of hydrogen-bond donors (Lipinski definition) is 1. The van der Waals surface area contributed by atoms with Gasteiger partial charge in [-0.25, -0.2) is 0 Å². The van der Waals surface area contributed by atoms with E-state index in [1.54, 1.807) is 0 Å². The van der Waals surface area contributed by atoms with Crippen LogP contribution in [0.5, 0.6) is 0 Å². The fraction of sp³-hybridized carbons (Fsp3) is 0.929. The van der Waals surface area contributed by atoms with Crippen molar-refractivity contribution in [3.8, 4) is 0 Å². The zero-order valence-electron chi connectivity index (χ0n) is 11.1. The maximum atomic E-state index is 11.5. The Morgan fingerprint density at radius 2 is 2.12 bits per heavy atom. The zero-order chi connectivity index (χ0) is 12.1. The monoisotopic (exact) mass is 238 g/mol. The molecule has 1 saturated carbocycles. The van der Waals surface area contributed by atoms with E-state index in [2.05, 4.69) is 17.1 Å². The average molecular weight is 238 g/mol. The van der Waals surface area contributed by atoms with E-state index in [9.17, 15) is 4.79 Å². The van der Waals surface area contributed by atoms with Crippen molar-refractivity contribution >= 4 is 5.91 Å². The normalized spacial score (nSPS) is 25.8. The fourth-order valence-electron chi connectivity index (χ4n) is 2.80. The lowest BCUT2D eigenvalue weighted by Crippen LogP contribution is -2.40. The Morgan fingerprint density at radius 3 is 2.82 bits per heavy atom. The van der Waals surface area contributed by atoms with Gasteiger partial charge in [-0.1, -0.05) is 13.3 Å². The van der Waals surface area contributed by atoms with Gasteiger partial charge in [0.25, 0.3) is 0 Å². The summed E-state index contributed by atoms with van der Waals surface area (Å²) in [6, 6.07) is 0.794. The number of amides is 1. The minimum Gasteiger partial charge on any atom is -0.356 e. The molecule has 1 N–H and O–H groups in total. The van der Waals surface area contributed by atoms with E-state index in [1.165, 1.54) is 32.2 Å². The van der Waals surface area contributed by atoms with Gasteiger partial charge in [0.1, 0.15) is 0 Å². The minimum atomic E-state index is 0.288. The predicted molar refractivity (Wildman–Crippen MR) is 69.9 cm³/mol. The number of piperidine rings is 1. The van der Waals surface area contributed by atoms with Gasteiger partial charge in [0.2, 0.25) is 5.91 Å². The molecule has 2 fully saturated rings. The first kappa shape index (κ1) is 12.9. The Kier molecular flexibility index (Phi) is 4.84. The summed E-state index contributed by atoms with van der Waals surface area (Å²) in [6.45, 7) is 5.57. The molecule has 1 saturated heterocycles. The van der Waals surface area contributed by atoms with Crippen molar-refractivity contribution in [1.82, 2.24) is 10.2 Å². The third-order valence-corrected chi connectivity index (χ3v) is 4.09. The molecule has 2 aliphatic rings. The molecule has 2 rings (SSSR count). The van der Waals surface area contributed by atoms with E-state index in [0.717, 1.165) is 38.4 Å². The molecule has 1 aliphatic carbocycles. The van der Waals surface area contributed by atoms with Crippen LogP contribution in [0.1, 0.15) is 51.9 Å². The molecule has 0 radical (unpaired) electrons. The van der Waals surface area contributed by atoms with Gasteiger partial charge in [0.05, 0.1) is 0 Å². The first-order valence-corrected chi connectivity index (χ1v) is 7.33. The van der Waals surface area contributed by atoms with Gasteiger partial charge >= 0.3 is 0 Å². The molecule has 17 heavy (non-hydrogen) atoms. The third-order valence-electron chi connectivity index (χ3n) is 4.09. The van der Waals surface area contributed by atoms with E-state index in [1.807, 2.05) is 0 Å². The number of nitrogens with one attached hydrogen (secondary N) is 1. The van der Waals surface area contributed by atoms with Crippen LogP contribution in [0.15, 0.2) is 0 Å². The fourth-order valence-corrected chi connectivity index (χ4v) is 2.80. The molecule has 3 heteroatoms. The Hall–Kier alpha value is -0.570. The lowest BCUT2D eigenvalue weighted by atomic mass is 10.00. The minimum absolute atomic E-state index is 0.288. The summed E-state index contributed by atoms with van der Waals surface area (Å²) in [7, 11) is 0. The second-order valence-corrected chi connectivity index (χ2v) is 5.51. The van der Waals surface area contributed by atoms with Crippen LogP contribution in [0, 0.1) is 5.92 Å². The number of rotatable bonds is 6. The van der Waals surface area contributed by atoms with E-state index >= 15 is 0 Å². The van der Waals surface area contributed by atoms with Crippen LogP contribution in [-0.2, 0) is 4.79 Å². The molecule has 0 aromatic heterocycles. The van der Waals surface area contributed by atoms with Crippen molar-refractivity contribution in [3.05, 3.63) is 0 Å². The van der Waals surface area contributed by atoms with Crippen molar-refractivity contribution in [1.29, 1.82) is 0 Å². The van der Waals surface area contributed by atoms with Gasteiger partial charge in [0, 0.05) is 25.0 Å². The van der Waals surface area contributed by atoms with Gasteiger partial charge in [-0.15, -0.1) is 0 Å². The van der Waals surface area contributed by atoms with E-state index in [-0.39, 0.29) is 5.91 Å². The summed E-state index contributed by atoms with van der Waals surface area (Å²) in [5, 5.41) is 3.05. The number of carbonyl (C=O) groups excluding carboxylic acids is 1. The maximum absolute atomic E-state index is 11.5. The molecule has 1 aliphatic heterocycles.